The van der Waals surface area contributed by atoms with E-state index in [1.165, 1.54) is 37.1 Å². The van der Waals surface area contributed by atoms with Crippen LogP contribution in [0.2, 0.25) is 0 Å². The first-order chi connectivity index (χ1) is 5.93. The molecule has 12 heavy (non-hydrogen) atoms. The van der Waals surface area contributed by atoms with Crippen molar-refractivity contribution in [3.8, 4) is 0 Å². The molecule has 2 aliphatic heterocycles. The third-order valence-electron chi connectivity index (χ3n) is 3.14. The lowest BCUT2D eigenvalue weighted by Crippen LogP contribution is -2.34. The fourth-order valence-electron chi connectivity index (χ4n) is 2.46. The van der Waals surface area contributed by atoms with Gasteiger partial charge in [-0.05, 0) is 37.4 Å². The van der Waals surface area contributed by atoms with E-state index in [-0.39, 0.29) is 0 Å². The molecule has 0 radical (unpaired) electrons. The third-order valence-corrected chi connectivity index (χ3v) is 3.14. The van der Waals surface area contributed by atoms with Crippen LogP contribution in [0.4, 0.5) is 0 Å². The number of fused-ring (bicyclic) bond motifs is 2. The van der Waals surface area contributed by atoms with Crippen molar-refractivity contribution in [1.82, 2.24) is 4.90 Å². The summed E-state index contributed by atoms with van der Waals surface area (Å²) in [7, 11) is 0. The van der Waals surface area contributed by atoms with Gasteiger partial charge >= 0.3 is 0 Å². The molecule has 1 atom stereocenters. The Balaban J connectivity index is 1.95. The molecule has 0 saturated carbocycles. The van der Waals surface area contributed by atoms with Crippen LogP contribution in [0.1, 0.15) is 24.2 Å². The first-order valence-corrected chi connectivity index (χ1v) is 4.73. The van der Waals surface area contributed by atoms with Crippen molar-refractivity contribution in [3.05, 3.63) is 23.7 Å². The SMILES string of the molecule is c1cc2c(o1)CN1CCCC1C2. The number of rotatable bonds is 0. The van der Waals surface area contributed by atoms with Gasteiger partial charge < -0.3 is 4.42 Å². The summed E-state index contributed by atoms with van der Waals surface area (Å²) in [4.78, 5) is 2.55. The van der Waals surface area contributed by atoms with Crippen LogP contribution in [-0.4, -0.2) is 17.5 Å². The van der Waals surface area contributed by atoms with Crippen molar-refractivity contribution in [3.63, 3.8) is 0 Å². The molecule has 1 saturated heterocycles. The molecule has 0 N–H and O–H groups in total. The molecule has 1 unspecified atom stereocenters. The zero-order valence-electron chi connectivity index (χ0n) is 7.12. The predicted molar refractivity (Wildman–Crippen MR) is 45.8 cm³/mol. The molecule has 1 aromatic heterocycles. The number of hydrogen-bond donors (Lipinski definition) is 0. The van der Waals surface area contributed by atoms with Crippen LogP contribution in [-0.2, 0) is 13.0 Å². The quantitative estimate of drug-likeness (QED) is 0.580. The van der Waals surface area contributed by atoms with Crippen LogP contribution < -0.4 is 0 Å². The van der Waals surface area contributed by atoms with E-state index in [0.717, 1.165) is 12.6 Å². The van der Waals surface area contributed by atoms with Crippen LogP contribution >= 0.6 is 0 Å². The van der Waals surface area contributed by atoms with Gasteiger partial charge in [0.2, 0.25) is 0 Å². The van der Waals surface area contributed by atoms with E-state index in [0.29, 0.717) is 0 Å². The summed E-state index contributed by atoms with van der Waals surface area (Å²) in [6, 6.07) is 2.94. The highest BCUT2D eigenvalue weighted by atomic mass is 16.3. The van der Waals surface area contributed by atoms with E-state index in [1.54, 1.807) is 0 Å². The summed E-state index contributed by atoms with van der Waals surface area (Å²) >= 11 is 0. The molecule has 0 amide bonds. The summed E-state index contributed by atoms with van der Waals surface area (Å²) in [5.41, 5.74) is 1.44. The fraction of sp³-hybridized carbons (Fsp3) is 0.600. The summed E-state index contributed by atoms with van der Waals surface area (Å²) in [6.07, 6.45) is 5.79. The highest BCUT2D eigenvalue weighted by molar-refractivity contribution is 5.21. The Morgan fingerprint density at radius 3 is 3.50 bits per heavy atom. The van der Waals surface area contributed by atoms with Gasteiger partial charge in [0.05, 0.1) is 12.8 Å². The molecule has 0 aromatic carbocycles. The second-order valence-corrected chi connectivity index (χ2v) is 3.84. The Morgan fingerprint density at radius 1 is 1.50 bits per heavy atom. The zero-order chi connectivity index (χ0) is 7.97. The van der Waals surface area contributed by atoms with E-state index in [4.69, 9.17) is 4.42 Å². The lowest BCUT2D eigenvalue weighted by atomic mass is 10.0. The van der Waals surface area contributed by atoms with Crippen molar-refractivity contribution in [2.24, 2.45) is 0 Å². The van der Waals surface area contributed by atoms with Gasteiger partial charge in [0, 0.05) is 6.04 Å². The smallest absolute Gasteiger partial charge is 0.120 e. The van der Waals surface area contributed by atoms with E-state index >= 15 is 0 Å². The van der Waals surface area contributed by atoms with Gasteiger partial charge in [-0.15, -0.1) is 0 Å². The lowest BCUT2D eigenvalue weighted by Gasteiger charge is -2.28. The van der Waals surface area contributed by atoms with Crippen LogP contribution in [0.5, 0.6) is 0 Å². The Hall–Kier alpha value is -0.760. The monoisotopic (exact) mass is 163 g/mol. The molecule has 2 heteroatoms. The van der Waals surface area contributed by atoms with Gasteiger partial charge in [-0.1, -0.05) is 0 Å². The minimum absolute atomic E-state index is 0.815. The molecule has 2 nitrogen and oxygen atoms in total. The third kappa shape index (κ3) is 0.845. The standard InChI is InChI=1S/C10H13NO/c1-2-9-6-8-3-5-12-10(8)7-11(9)4-1/h3,5,9H,1-2,4,6-7H2. The maximum atomic E-state index is 5.42. The number of nitrogens with zero attached hydrogens (tertiary/aromatic N) is 1. The highest BCUT2D eigenvalue weighted by Crippen LogP contribution is 2.30. The van der Waals surface area contributed by atoms with Gasteiger partial charge in [0.1, 0.15) is 5.76 Å². The molecule has 3 heterocycles. The van der Waals surface area contributed by atoms with Crippen LogP contribution in [0.25, 0.3) is 0 Å². The van der Waals surface area contributed by atoms with Gasteiger partial charge in [-0.3, -0.25) is 4.90 Å². The first-order valence-electron chi connectivity index (χ1n) is 4.73. The molecule has 2 aliphatic rings. The molecule has 0 bridgehead atoms. The van der Waals surface area contributed by atoms with E-state index in [2.05, 4.69) is 11.0 Å². The molecule has 0 spiro atoms. The van der Waals surface area contributed by atoms with Gasteiger partial charge in [-0.2, -0.15) is 0 Å². The minimum Gasteiger partial charge on any atom is -0.468 e. The molecule has 1 fully saturated rings. The molecule has 3 rings (SSSR count). The van der Waals surface area contributed by atoms with Crippen LogP contribution in [0, 0.1) is 0 Å². The summed E-state index contributed by atoms with van der Waals surface area (Å²) in [5, 5.41) is 0. The zero-order valence-corrected chi connectivity index (χ0v) is 7.12. The minimum atomic E-state index is 0.815. The number of furan rings is 1. The normalized spacial score (nSPS) is 28.5. The summed E-state index contributed by atoms with van der Waals surface area (Å²) in [6.45, 7) is 2.32. The van der Waals surface area contributed by atoms with Crippen molar-refractivity contribution < 1.29 is 4.42 Å². The molecule has 64 valence electrons. The molecular weight excluding hydrogens is 150 g/mol. The second kappa shape index (κ2) is 2.36. The largest absolute Gasteiger partial charge is 0.468 e. The van der Waals surface area contributed by atoms with Crippen LogP contribution in [0.3, 0.4) is 0 Å². The van der Waals surface area contributed by atoms with Gasteiger partial charge in [0.25, 0.3) is 0 Å². The Morgan fingerprint density at radius 2 is 2.50 bits per heavy atom. The lowest BCUT2D eigenvalue weighted by molar-refractivity contribution is 0.205. The molecule has 0 aliphatic carbocycles. The maximum Gasteiger partial charge on any atom is 0.120 e. The summed E-state index contributed by atoms with van der Waals surface area (Å²) < 4.78 is 5.42. The Kier molecular flexibility index (Phi) is 1.32. The average Bonchev–Trinajstić information content (AvgIpc) is 2.64. The van der Waals surface area contributed by atoms with E-state index < -0.39 is 0 Å². The number of hydrogen-bond acceptors (Lipinski definition) is 2. The van der Waals surface area contributed by atoms with Crippen molar-refractivity contribution in [2.75, 3.05) is 6.54 Å². The van der Waals surface area contributed by atoms with Crippen molar-refractivity contribution in [1.29, 1.82) is 0 Å². The highest BCUT2D eigenvalue weighted by Gasteiger charge is 2.30. The van der Waals surface area contributed by atoms with Crippen molar-refractivity contribution in [2.45, 2.75) is 31.8 Å². The van der Waals surface area contributed by atoms with Gasteiger partial charge in [-0.25, -0.2) is 0 Å². The fourth-order valence-corrected chi connectivity index (χ4v) is 2.46. The Bertz CT molecular complexity index is 265. The second-order valence-electron chi connectivity index (χ2n) is 3.84. The van der Waals surface area contributed by atoms with Crippen LogP contribution in [0.15, 0.2) is 16.7 Å². The summed E-state index contributed by atoms with van der Waals surface area (Å²) in [5.74, 6) is 1.20. The topological polar surface area (TPSA) is 16.4 Å². The average molecular weight is 163 g/mol. The molecule has 1 aromatic rings. The van der Waals surface area contributed by atoms with E-state index in [9.17, 15) is 0 Å². The maximum absolute atomic E-state index is 5.42. The van der Waals surface area contributed by atoms with Gasteiger partial charge in [0.15, 0.2) is 0 Å². The Labute approximate surface area is 72.2 Å². The van der Waals surface area contributed by atoms with E-state index in [1.807, 2.05) is 6.26 Å². The molecular formula is C10H13NO. The van der Waals surface area contributed by atoms with Crippen molar-refractivity contribution >= 4 is 0 Å². The predicted octanol–water partition coefficient (Wildman–Crippen LogP) is 1.80. The first kappa shape index (κ1) is 6.72.